The minimum atomic E-state index is -0.425. The summed E-state index contributed by atoms with van der Waals surface area (Å²) in [6, 6.07) is 14.8. The van der Waals surface area contributed by atoms with E-state index in [1.54, 1.807) is 24.3 Å². The number of hydrogen-bond acceptors (Lipinski definition) is 4. The van der Waals surface area contributed by atoms with Crippen LogP contribution in [0.3, 0.4) is 0 Å². The zero-order valence-electron chi connectivity index (χ0n) is 16.3. The molecule has 0 bridgehead atoms. The van der Waals surface area contributed by atoms with Crippen LogP contribution in [0.2, 0.25) is 0 Å². The van der Waals surface area contributed by atoms with Gasteiger partial charge in [0.1, 0.15) is 0 Å². The number of amides is 2. The first-order chi connectivity index (χ1) is 14.1. The molecule has 1 unspecified atom stereocenters. The second kappa shape index (κ2) is 8.71. The molecule has 0 radical (unpaired) electrons. The zero-order valence-corrected chi connectivity index (χ0v) is 17.1. The number of urea groups is 1. The number of likely N-dealkylation sites (tertiary alicyclic amines) is 1. The van der Waals surface area contributed by atoms with Crippen LogP contribution in [-0.2, 0) is 6.42 Å². The summed E-state index contributed by atoms with van der Waals surface area (Å²) in [5.74, 6) is 0. The molecule has 4 rings (SSSR count). The van der Waals surface area contributed by atoms with Gasteiger partial charge in [-0.15, -0.1) is 0 Å². The van der Waals surface area contributed by atoms with E-state index < -0.39 is 6.03 Å². The highest BCUT2D eigenvalue weighted by atomic mass is 32.2. The summed E-state index contributed by atoms with van der Waals surface area (Å²) >= 11 is 0.774. The Hall–Kier alpha value is -2.77. The number of anilines is 1. The number of benzene rings is 2. The Labute approximate surface area is 174 Å². The van der Waals surface area contributed by atoms with Crippen LogP contribution in [0.1, 0.15) is 28.8 Å². The number of nitrogens with zero attached hydrogens (tertiary/aromatic N) is 1. The molecule has 3 aromatic rings. The van der Waals surface area contributed by atoms with E-state index >= 15 is 0 Å². The molecule has 2 aromatic carbocycles. The second-order valence-corrected chi connectivity index (χ2v) is 8.15. The molecule has 29 heavy (non-hydrogen) atoms. The maximum Gasteiger partial charge on any atom is 0.329 e. The normalized spacial score (nSPS) is 16.8. The molecule has 1 saturated heterocycles. The summed E-state index contributed by atoms with van der Waals surface area (Å²) in [6.45, 7) is 1.15. The minimum Gasteiger partial charge on any atom is -0.361 e. The predicted octanol–water partition coefficient (Wildman–Crippen LogP) is 4.41. The molecule has 1 aromatic heterocycles. The number of H-pyrrole nitrogens is 1. The van der Waals surface area contributed by atoms with Gasteiger partial charge in [-0.1, -0.05) is 30.3 Å². The average molecular weight is 409 g/mol. The molecular formula is C22H24N4O2S. The van der Waals surface area contributed by atoms with Crippen molar-refractivity contribution in [2.75, 3.05) is 18.9 Å². The van der Waals surface area contributed by atoms with Gasteiger partial charge in [0.2, 0.25) is 5.12 Å². The molecule has 1 atom stereocenters. The summed E-state index contributed by atoms with van der Waals surface area (Å²) in [7, 11) is 2.18. The number of carbonyl (C=O) groups is 2. The van der Waals surface area contributed by atoms with Gasteiger partial charge >= 0.3 is 6.03 Å². The highest BCUT2D eigenvalue weighted by Crippen LogP contribution is 2.27. The molecule has 2 heterocycles. The topological polar surface area (TPSA) is 77.2 Å². The lowest BCUT2D eigenvalue weighted by Crippen LogP contribution is -2.26. The molecule has 7 heteroatoms. The Morgan fingerprint density at radius 3 is 2.79 bits per heavy atom. The lowest BCUT2D eigenvalue weighted by Gasteiger charge is -2.18. The molecule has 6 nitrogen and oxygen atoms in total. The van der Waals surface area contributed by atoms with Crippen molar-refractivity contribution >= 4 is 39.7 Å². The van der Waals surface area contributed by atoms with Gasteiger partial charge in [0, 0.05) is 46.3 Å². The van der Waals surface area contributed by atoms with Gasteiger partial charge in [-0.05, 0) is 56.6 Å². The molecule has 0 saturated carbocycles. The Morgan fingerprint density at radius 2 is 2.03 bits per heavy atom. The van der Waals surface area contributed by atoms with Crippen molar-refractivity contribution in [1.82, 2.24) is 14.6 Å². The Bertz CT molecular complexity index is 1020. The van der Waals surface area contributed by atoms with E-state index in [0.29, 0.717) is 17.3 Å². The van der Waals surface area contributed by atoms with E-state index in [4.69, 9.17) is 0 Å². The summed E-state index contributed by atoms with van der Waals surface area (Å²) in [6.07, 6.45) is 5.52. The van der Waals surface area contributed by atoms with E-state index in [0.717, 1.165) is 35.8 Å². The monoisotopic (exact) mass is 408 g/mol. The summed E-state index contributed by atoms with van der Waals surface area (Å²) < 4.78 is 2.55. The van der Waals surface area contributed by atoms with Crippen molar-refractivity contribution in [3.63, 3.8) is 0 Å². The lowest BCUT2D eigenvalue weighted by atomic mass is 10.0. The van der Waals surface area contributed by atoms with Crippen molar-refractivity contribution in [3.8, 4) is 0 Å². The van der Waals surface area contributed by atoms with Gasteiger partial charge < -0.3 is 15.2 Å². The molecule has 150 valence electrons. The van der Waals surface area contributed by atoms with Crippen LogP contribution >= 0.6 is 11.9 Å². The van der Waals surface area contributed by atoms with Gasteiger partial charge in [0.25, 0.3) is 0 Å². The fraction of sp³-hybridized carbons (Fsp3) is 0.273. The highest BCUT2D eigenvalue weighted by molar-refractivity contribution is 8.12. The van der Waals surface area contributed by atoms with Gasteiger partial charge in [0.15, 0.2) is 0 Å². The Morgan fingerprint density at radius 1 is 1.21 bits per heavy atom. The predicted molar refractivity (Wildman–Crippen MR) is 118 cm³/mol. The van der Waals surface area contributed by atoms with Gasteiger partial charge in [0.05, 0.1) is 0 Å². The first-order valence-electron chi connectivity index (χ1n) is 9.73. The molecule has 0 aliphatic carbocycles. The molecule has 1 aliphatic rings. The molecular weight excluding hydrogens is 384 g/mol. The second-order valence-electron chi connectivity index (χ2n) is 7.37. The molecule has 1 aliphatic heterocycles. The third kappa shape index (κ3) is 4.63. The van der Waals surface area contributed by atoms with Crippen LogP contribution in [0.15, 0.2) is 54.7 Å². The van der Waals surface area contributed by atoms with Crippen molar-refractivity contribution in [3.05, 3.63) is 65.9 Å². The number of aromatic nitrogens is 1. The van der Waals surface area contributed by atoms with Crippen LogP contribution in [0.4, 0.5) is 10.5 Å². The van der Waals surface area contributed by atoms with Crippen LogP contribution in [0.25, 0.3) is 10.9 Å². The largest absolute Gasteiger partial charge is 0.361 e. The Kier molecular flexibility index (Phi) is 5.87. The van der Waals surface area contributed by atoms with Crippen molar-refractivity contribution in [2.45, 2.75) is 25.3 Å². The smallest absolute Gasteiger partial charge is 0.329 e. The van der Waals surface area contributed by atoms with E-state index in [2.05, 4.69) is 33.2 Å². The number of fused-ring (bicyclic) bond motifs is 1. The molecule has 0 spiro atoms. The van der Waals surface area contributed by atoms with E-state index in [-0.39, 0.29) is 5.12 Å². The number of carbonyl (C=O) groups excluding carboxylic acids is 2. The summed E-state index contributed by atoms with van der Waals surface area (Å²) in [5.41, 5.74) is 3.56. The number of likely N-dealkylation sites (N-methyl/N-ethyl adjacent to an activating group) is 1. The van der Waals surface area contributed by atoms with Crippen LogP contribution in [0, 0.1) is 0 Å². The van der Waals surface area contributed by atoms with Gasteiger partial charge in [-0.2, -0.15) is 0 Å². The summed E-state index contributed by atoms with van der Waals surface area (Å²) in [4.78, 5) is 30.0. The van der Waals surface area contributed by atoms with Crippen molar-refractivity contribution in [1.29, 1.82) is 0 Å². The number of rotatable bonds is 4. The van der Waals surface area contributed by atoms with Crippen molar-refractivity contribution in [2.24, 2.45) is 0 Å². The molecule has 1 fully saturated rings. The third-order valence-electron chi connectivity index (χ3n) is 5.40. The first kappa shape index (κ1) is 19.5. The average Bonchev–Trinajstić information content (AvgIpc) is 3.33. The molecule has 3 N–H and O–H groups in total. The van der Waals surface area contributed by atoms with Gasteiger partial charge in [-0.3, -0.25) is 9.52 Å². The fourth-order valence-electron chi connectivity index (χ4n) is 3.80. The number of hydrogen-bond donors (Lipinski definition) is 3. The zero-order chi connectivity index (χ0) is 20.2. The van der Waals surface area contributed by atoms with Crippen LogP contribution < -0.4 is 10.0 Å². The van der Waals surface area contributed by atoms with E-state index in [9.17, 15) is 9.59 Å². The summed E-state index contributed by atoms with van der Waals surface area (Å²) in [5, 5.41) is 3.73. The van der Waals surface area contributed by atoms with Crippen LogP contribution in [-0.4, -0.2) is 40.7 Å². The maximum atomic E-state index is 12.2. The van der Waals surface area contributed by atoms with E-state index in [1.807, 2.05) is 24.3 Å². The minimum absolute atomic E-state index is 0.204. The SMILES string of the molecule is CN1CCCC1Cc1c[nH]c2ccc(NC(=O)NSC(=O)c3ccccc3)cc12. The quantitative estimate of drug-likeness (QED) is 0.559. The highest BCUT2D eigenvalue weighted by Gasteiger charge is 2.22. The fourth-order valence-corrected chi connectivity index (χ4v) is 4.29. The Balaban J connectivity index is 1.39. The van der Waals surface area contributed by atoms with Gasteiger partial charge in [-0.25, -0.2) is 4.79 Å². The standard InChI is InChI=1S/C22H24N4O2S/c1-26-11-5-8-18(26)12-16-14-23-20-10-9-17(13-19(16)20)24-22(28)25-29-21(27)15-6-3-2-4-7-15/h2-4,6-7,9-10,13-14,18,23H,5,8,11-12H2,1H3,(H2,24,25,28). The third-order valence-corrected chi connectivity index (χ3v) is 6.11. The van der Waals surface area contributed by atoms with Crippen molar-refractivity contribution < 1.29 is 9.59 Å². The molecule has 2 amide bonds. The first-order valence-corrected chi connectivity index (χ1v) is 10.6. The maximum absolute atomic E-state index is 12.2. The lowest BCUT2D eigenvalue weighted by molar-refractivity contribution is 0.108. The number of nitrogens with one attached hydrogen (secondary N) is 3. The number of aromatic amines is 1. The van der Waals surface area contributed by atoms with E-state index in [1.165, 1.54) is 18.4 Å². The van der Waals surface area contributed by atoms with Crippen LogP contribution in [0.5, 0.6) is 0 Å².